The van der Waals surface area contributed by atoms with Gasteiger partial charge in [-0.05, 0) is 31.2 Å². The molecule has 0 N–H and O–H groups in total. The third-order valence-corrected chi connectivity index (χ3v) is 2.66. The van der Waals surface area contributed by atoms with Crippen LogP contribution in [0.5, 0.6) is 10.9 Å². The molecule has 0 saturated heterocycles. The van der Waals surface area contributed by atoms with E-state index in [4.69, 9.17) is 16.3 Å². The SMILES string of the molecule is Cc1cnc(Oc2ccc(Cl)cc2)s1. The van der Waals surface area contributed by atoms with E-state index in [1.807, 2.05) is 19.1 Å². The first-order chi connectivity index (χ1) is 6.74. The van der Waals surface area contributed by atoms with Crippen molar-refractivity contribution in [3.63, 3.8) is 0 Å². The zero-order valence-electron chi connectivity index (χ0n) is 7.53. The van der Waals surface area contributed by atoms with Gasteiger partial charge in [0.1, 0.15) is 5.75 Å². The topological polar surface area (TPSA) is 22.1 Å². The van der Waals surface area contributed by atoms with E-state index < -0.39 is 0 Å². The van der Waals surface area contributed by atoms with Crippen LogP contribution in [-0.4, -0.2) is 4.98 Å². The number of ether oxygens (including phenoxy) is 1. The van der Waals surface area contributed by atoms with Crippen LogP contribution in [0, 0.1) is 6.92 Å². The van der Waals surface area contributed by atoms with Gasteiger partial charge >= 0.3 is 0 Å². The van der Waals surface area contributed by atoms with Crippen molar-refractivity contribution in [2.75, 3.05) is 0 Å². The van der Waals surface area contributed by atoms with Crippen molar-refractivity contribution in [1.82, 2.24) is 4.98 Å². The fraction of sp³-hybridized carbons (Fsp3) is 0.100. The van der Waals surface area contributed by atoms with Crippen molar-refractivity contribution < 1.29 is 4.74 Å². The molecule has 1 aromatic carbocycles. The number of aromatic nitrogens is 1. The summed E-state index contributed by atoms with van der Waals surface area (Å²) >= 11 is 7.27. The van der Waals surface area contributed by atoms with E-state index >= 15 is 0 Å². The summed E-state index contributed by atoms with van der Waals surface area (Å²) in [6.07, 6.45) is 1.79. The molecule has 0 spiro atoms. The predicted molar refractivity (Wildman–Crippen MR) is 58.4 cm³/mol. The molecule has 1 heterocycles. The fourth-order valence-electron chi connectivity index (χ4n) is 0.985. The van der Waals surface area contributed by atoms with Crippen molar-refractivity contribution in [1.29, 1.82) is 0 Å². The smallest absolute Gasteiger partial charge is 0.278 e. The Morgan fingerprint density at radius 2 is 2.00 bits per heavy atom. The maximum Gasteiger partial charge on any atom is 0.278 e. The van der Waals surface area contributed by atoms with Crippen molar-refractivity contribution in [2.45, 2.75) is 6.92 Å². The lowest BCUT2D eigenvalue weighted by Crippen LogP contribution is -1.81. The molecule has 2 aromatic rings. The van der Waals surface area contributed by atoms with E-state index in [0.29, 0.717) is 10.2 Å². The monoisotopic (exact) mass is 225 g/mol. The van der Waals surface area contributed by atoms with Crippen LogP contribution in [0.15, 0.2) is 30.5 Å². The van der Waals surface area contributed by atoms with Gasteiger partial charge in [-0.15, -0.1) is 0 Å². The molecule has 0 saturated carbocycles. The summed E-state index contributed by atoms with van der Waals surface area (Å²) in [7, 11) is 0. The largest absolute Gasteiger partial charge is 0.431 e. The lowest BCUT2D eigenvalue weighted by molar-refractivity contribution is 0.479. The molecule has 0 aliphatic carbocycles. The number of thiazole rings is 1. The summed E-state index contributed by atoms with van der Waals surface area (Å²) in [6, 6.07) is 7.22. The van der Waals surface area contributed by atoms with Gasteiger partial charge < -0.3 is 4.74 Å². The second-order valence-electron chi connectivity index (χ2n) is 2.79. The van der Waals surface area contributed by atoms with Gasteiger partial charge in [0.15, 0.2) is 0 Å². The van der Waals surface area contributed by atoms with Gasteiger partial charge in [-0.25, -0.2) is 4.98 Å². The van der Waals surface area contributed by atoms with Crippen LogP contribution in [0.25, 0.3) is 0 Å². The third-order valence-electron chi connectivity index (χ3n) is 1.62. The minimum absolute atomic E-state index is 0.657. The number of halogens is 1. The molecule has 2 rings (SSSR count). The molecule has 0 amide bonds. The van der Waals surface area contributed by atoms with Crippen LogP contribution in [0.1, 0.15) is 4.88 Å². The summed E-state index contributed by atoms with van der Waals surface area (Å²) in [6.45, 7) is 1.99. The van der Waals surface area contributed by atoms with Gasteiger partial charge in [0, 0.05) is 16.1 Å². The Kier molecular flexibility index (Phi) is 2.70. The molecular formula is C10H8ClNOS. The zero-order chi connectivity index (χ0) is 9.97. The highest BCUT2D eigenvalue weighted by Crippen LogP contribution is 2.26. The van der Waals surface area contributed by atoms with Gasteiger partial charge in [-0.1, -0.05) is 22.9 Å². The highest BCUT2D eigenvalue weighted by Gasteiger charge is 2.00. The van der Waals surface area contributed by atoms with Gasteiger partial charge in [-0.2, -0.15) is 0 Å². The molecule has 0 aliphatic heterocycles. The average Bonchev–Trinajstić information content (AvgIpc) is 2.56. The van der Waals surface area contributed by atoms with Crippen LogP contribution in [0.2, 0.25) is 5.02 Å². The number of aryl methyl sites for hydroxylation is 1. The third kappa shape index (κ3) is 2.25. The first-order valence-electron chi connectivity index (χ1n) is 4.10. The molecule has 0 unspecified atom stereocenters. The molecule has 0 aliphatic rings. The Bertz CT molecular complexity index is 424. The first-order valence-corrected chi connectivity index (χ1v) is 5.29. The van der Waals surface area contributed by atoms with Crippen LogP contribution in [-0.2, 0) is 0 Å². The molecular weight excluding hydrogens is 218 g/mol. The Morgan fingerprint density at radius 1 is 1.29 bits per heavy atom. The first kappa shape index (κ1) is 9.49. The summed E-state index contributed by atoms with van der Waals surface area (Å²) in [5.74, 6) is 0.753. The highest BCUT2D eigenvalue weighted by molar-refractivity contribution is 7.13. The second kappa shape index (κ2) is 3.98. The molecule has 1 aromatic heterocycles. The highest BCUT2D eigenvalue weighted by atomic mass is 35.5. The van der Waals surface area contributed by atoms with Gasteiger partial charge in [0.05, 0.1) is 0 Å². The van der Waals surface area contributed by atoms with E-state index in [2.05, 4.69) is 4.98 Å². The van der Waals surface area contributed by atoms with Crippen LogP contribution < -0.4 is 4.74 Å². The lowest BCUT2D eigenvalue weighted by atomic mass is 10.3. The quantitative estimate of drug-likeness (QED) is 0.774. The van der Waals surface area contributed by atoms with Gasteiger partial charge in [-0.3, -0.25) is 0 Å². The zero-order valence-corrected chi connectivity index (χ0v) is 9.10. The average molecular weight is 226 g/mol. The van der Waals surface area contributed by atoms with Crippen molar-refractivity contribution >= 4 is 22.9 Å². The number of hydrogen-bond donors (Lipinski definition) is 0. The Hall–Kier alpha value is -1.06. The summed E-state index contributed by atoms with van der Waals surface area (Å²) in [5, 5.41) is 1.36. The normalized spacial score (nSPS) is 10.1. The molecule has 4 heteroatoms. The summed E-state index contributed by atoms with van der Waals surface area (Å²) < 4.78 is 5.50. The Morgan fingerprint density at radius 3 is 2.57 bits per heavy atom. The van der Waals surface area contributed by atoms with Gasteiger partial charge in [0.25, 0.3) is 5.19 Å². The maximum atomic E-state index is 5.75. The number of hydrogen-bond acceptors (Lipinski definition) is 3. The number of benzene rings is 1. The Balaban J connectivity index is 2.15. The minimum Gasteiger partial charge on any atom is -0.431 e. The second-order valence-corrected chi connectivity index (χ2v) is 4.43. The van der Waals surface area contributed by atoms with Crippen LogP contribution >= 0.6 is 22.9 Å². The molecule has 0 atom stereocenters. The number of nitrogens with zero attached hydrogens (tertiary/aromatic N) is 1. The molecule has 0 fully saturated rings. The fourth-order valence-corrected chi connectivity index (χ4v) is 1.73. The predicted octanol–water partition coefficient (Wildman–Crippen LogP) is 3.90. The summed E-state index contributed by atoms with van der Waals surface area (Å²) in [5.41, 5.74) is 0. The molecule has 0 bridgehead atoms. The standard InChI is InChI=1S/C10H8ClNOS/c1-7-6-12-10(14-7)13-9-4-2-8(11)3-5-9/h2-6H,1H3. The van der Waals surface area contributed by atoms with Crippen molar-refractivity contribution in [3.05, 3.63) is 40.4 Å². The van der Waals surface area contributed by atoms with Crippen molar-refractivity contribution in [3.8, 4) is 10.9 Å². The van der Waals surface area contributed by atoms with E-state index in [1.54, 1.807) is 18.3 Å². The van der Waals surface area contributed by atoms with Crippen LogP contribution in [0.4, 0.5) is 0 Å². The molecule has 14 heavy (non-hydrogen) atoms. The van der Waals surface area contributed by atoms with E-state index in [0.717, 1.165) is 10.6 Å². The van der Waals surface area contributed by atoms with E-state index in [-0.39, 0.29) is 0 Å². The van der Waals surface area contributed by atoms with Crippen molar-refractivity contribution in [2.24, 2.45) is 0 Å². The molecule has 2 nitrogen and oxygen atoms in total. The molecule has 72 valence electrons. The molecule has 0 radical (unpaired) electrons. The minimum atomic E-state index is 0.657. The van der Waals surface area contributed by atoms with E-state index in [1.165, 1.54) is 11.3 Å². The van der Waals surface area contributed by atoms with Gasteiger partial charge in [0.2, 0.25) is 0 Å². The lowest BCUT2D eigenvalue weighted by Gasteiger charge is -2.00. The number of rotatable bonds is 2. The Labute approximate surface area is 91.1 Å². The maximum absolute atomic E-state index is 5.75. The van der Waals surface area contributed by atoms with Crippen LogP contribution in [0.3, 0.4) is 0 Å². The summed E-state index contributed by atoms with van der Waals surface area (Å²) in [4.78, 5) is 5.23. The van der Waals surface area contributed by atoms with E-state index in [9.17, 15) is 0 Å².